The predicted octanol–water partition coefficient (Wildman–Crippen LogP) is 12.1. The fraction of sp³-hybridized carbons (Fsp3) is 0.843. The van der Waals surface area contributed by atoms with Crippen molar-refractivity contribution >= 4 is 73.0 Å². The molecule has 5 atom stereocenters. The molecule has 2 heterocycles. The molecule has 16 heteroatoms. The molecule has 3 amide bonds. The summed E-state index contributed by atoms with van der Waals surface area (Å²) >= 11 is 1.84. The topological polar surface area (TPSA) is 179 Å². The number of esters is 2. The van der Waals surface area contributed by atoms with Crippen LogP contribution in [0.2, 0.25) is 0 Å². The van der Waals surface area contributed by atoms with Gasteiger partial charge in [0.05, 0.1) is 25.3 Å². The number of unbranched alkanes of at least 4 members (excludes halogenated alkanes) is 23. The summed E-state index contributed by atoms with van der Waals surface area (Å²) in [6, 6.07) is 0.193. The molecular weight excluding hydrogens is 901 g/mol. The average molecular weight is 993 g/mol. The minimum Gasteiger partial charge on any atom is -0.462 e. The van der Waals surface area contributed by atoms with Gasteiger partial charge in [-0.2, -0.15) is 11.8 Å². The van der Waals surface area contributed by atoms with E-state index in [0.717, 1.165) is 95.6 Å². The summed E-state index contributed by atoms with van der Waals surface area (Å²) in [7, 11) is -4.58. The van der Waals surface area contributed by atoms with Crippen LogP contribution < -0.4 is 16.0 Å². The maximum absolute atomic E-state index is 12.8. The third-order valence-corrected chi connectivity index (χ3v) is 14.7. The fourth-order valence-corrected chi connectivity index (χ4v) is 10.5. The number of allylic oxidation sites excluding steroid dienone is 4. The Balaban J connectivity index is 0.0000224. The second kappa shape index (κ2) is 43.4. The Kier molecular flexibility index (Phi) is 41.2. The zero-order chi connectivity index (χ0) is 47.8. The molecule has 0 aromatic heterocycles. The minimum absolute atomic E-state index is 0. The van der Waals surface area contributed by atoms with Gasteiger partial charge in [-0.15, -0.1) is 0 Å². The molecule has 0 aliphatic carbocycles. The van der Waals surface area contributed by atoms with Crippen LogP contribution in [0.25, 0.3) is 0 Å². The van der Waals surface area contributed by atoms with Crippen LogP contribution in [0.4, 0.5) is 4.79 Å². The van der Waals surface area contributed by atoms with E-state index in [4.69, 9.17) is 18.5 Å². The predicted molar refractivity (Wildman–Crippen MR) is 274 cm³/mol. The third kappa shape index (κ3) is 36.2. The van der Waals surface area contributed by atoms with E-state index >= 15 is 0 Å². The van der Waals surface area contributed by atoms with Crippen LogP contribution in [0.3, 0.4) is 0 Å². The number of hydrogen-bond donors (Lipinski definition) is 4. The summed E-state index contributed by atoms with van der Waals surface area (Å²) in [4.78, 5) is 59.8. The molecule has 0 saturated carbocycles. The summed E-state index contributed by atoms with van der Waals surface area (Å²) in [5, 5.41) is 8.94. The number of ether oxygens (including phenoxy) is 2. The first kappa shape index (κ1) is 63.6. The van der Waals surface area contributed by atoms with Crippen LogP contribution in [0.15, 0.2) is 24.3 Å². The molecule has 67 heavy (non-hydrogen) atoms. The van der Waals surface area contributed by atoms with Crippen LogP contribution in [0.1, 0.15) is 219 Å². The van der Waals surface area contributed by atoms with Gasteiger partial charge in [0, 0.05) is 66.4 Å². The number of urea groups is 1. The van der Waals surface area contributed by atoms with E-state index in [-0.39, 0.29) is 86.2 Å². The van der Waals surface area contributed by atoms with E-state index in [1.54, 1.807) is 0 Å². The molecule has 13 nitrogen and oxygen atoms in total. The average Bonchev–Trinajstić information content (AvgIpc) is 3.86. The normalized spacial score (nSPS) is 18.0. The smallest absolute Gasteiger partial charge is 0.462 e. The van der Waals surface area contributed by atoms with Crippen LogP contribution in [0.5, 0.6) is 0 Å². The van der Waals surface area contributed by atoms with E-state index in [1.807, 2.05) is 11.8 Å². The second-order valence-corrected chi connectivity index (χ2v) is 21.0. The fourth-order valence-electron chi connectivity index (χ4n) is 8.23. The Hall–Kier alpha value is -1.38. The van der Waals surface area contributed by atoms with E-state index in [9.17, 15) is 28.6 Å². The zero-order valence-electron chi connectivity index (χ0n) is 42.3. The summed E-state index contributed by atoms with van der Waals surface area (Å²) < 4.78 is 34.0. The number of amides is 3. The van der Waals surface area contributed by atoms with Gasteiger partial charge >= 0.3 is 25.8 Å². The van der Waals surface area contributed by atoms with E-state index in [2.05, 4.69) is 54.1 Å². The number of phosphoric acid groups is 1. The number of carbonyl (C=O) groups excluding carboxylic acids is 4. The van der Waals surface area contributed by atoms with Gasteiger partial charge in [-0.05, 0) is 77.0 Å². The molecule has 2 aliphatic rings. The molecule has 0 aromatic carbocycles. The van der Waals surface area contributed by atoms with Crippen molar-refractivity contribution in [3.63, 3.8) is 0 Å². The number of thioether (sulfide) groups is 1. The van der Waals surface area contributed by atoms with E-state index in [1.165, 1.54) is 77.0 Å². The Morgan fingerprint density at radius 3 is 1.72 bits per heavy atom. The zero-order valence-corrected chi connectivity index (χ0v) is 46.0. The summed E-state index contributed by atoms with van der Waals surface area (Å²) in [5.74, 6) is -0.208. The number of rotatable bonds is 45. The van der Waals surface area contributed by atoms with Gasteiger partial charge in [0.1, 0.15) is 6.61 Å². The monoisotopic (exact) mass is 993 g/mol. The third-order valence-electron chi connectivity index (χ3n) is 12.2. The van der Waals surface area contributed by atoms with Crippen molar-refractivity contribution in [2.45, 2.75) is 243 Å². The summed E-state index contributed by atoms with van der Waals surface area (Å²) in [6.45, 7) is 3.43. The van der Waals surface area contributed by atoms with Gasteiger partial charge in [-0.1, -0.05) is 147 Å². The number of fused-ring (bicyclic) bond motifs is 1. The van der Waals surface area contributed by atoms with Gasteiger partial charge in [0.25, 0.3) is 0 Å². The largest absolute Gasteiger partial charge is 0.472 e. The first-order valence-electron chi connectivity index (χ1n) is 26.4. The molecule has 2 aliphatic heterocycles. The van der Waals surface area contributed by atoms with Crippen molar-refractivity contribution in [3.05, 3.63) is 24.3 Å². The van der Waals surface area contributed by atoms with Gasteiger partial charge in [-0.25, -0.2) is 9.36 Å². The van der Waals surface area contributed by atoms with Crippen molar-refractivity contribution in [1.82, 2.24) is 16.0 Å². The van der Waals surface area contributed by atoms with Gasteiger partial charge in [-0.3, -0.25) is 23.4 Å². The Morgan fingerprint density at radius 1 is 0.672 bits per heavy atom. The standard InChI is InChI=1S/C51H92N3O10PS.Na/c1-3-5-7-9-11-13-15-17-19-21-23-25-27-29-31-37-48(56)61-41-44(64-49(57)38-32-30-28-26-24-22-20-18-16-14-12-10-8-6-4-2)42-63-65(59,60)62-40-39-52-47(55)36-34-33-35-46-50-45(43-66-46)53-51(58)54-50;/h17-20,44-46,50H,3-16,21-43H2,1-2H3,(H,52,55)(H,59,60)(H2,53,54,58);/b19-17+,20-18+;/t44-,45+,46+,50+;/m1./s1. The molecule has 0 aromatic rings. The Bertz CT molecular complexity index is 1390. The Morgan fingerprint density at radius 2 is 1.16 bits per heavy atom. The second-order valence-electron chi connectivity index (χ2n) is 18.3. The summed E-state index contributed by atoms with van der Waals surface area (Å²) in [5.41, 5.74) is 0. The van der Waals surface area contributed by atoms with Crippen molar-refractivity contribution in [3.8, 4) is 0 Å². The van der Waals surface area contributed by atoms with E-state index < -0.39 is 32.5 Å². The Labute approximate surface area is 432 Å². The van der Waals surface area contributed by atoms with Gasteiger partial charge in [0.15, 0.2) is 6.10 Å². The molecule has 2 fully saturated rings. The number of hydrogen-bond acceptors (Lipinski definition) is 10. The molecule has 0 spiro atoms. The molecule has 2 saturated heterocycles. The number of carbonyl (C=O) groups is 4. The maximum Gasteiger partial charge on any atom is 0.472 e. The van der Waals surface area contributed by atoms with Crippen molar-refractivity contribution in [1.29, 1.82) is 0 Å². The van der Waals surface area contributed by atoms with Gasteiger partial charge < -0.3 is 30.3 Å². The molecule has 2 rings (SSSR count). The van der Waals surface area contributed by atoms with Crippen molar-refractivity contribution in [2.75, 3.05) is 32.1 Å². The van der Waals surface area contributed by atoms with Crippen molar-refractivity contribution < 1.29 is 47.2 Å². The summed E-state index contributed by atoms with van der Waals surface area (Å²) in [6.07, 6.45) is 41.2. The van der Waals surface area contributed by atoms with Crippen LogP contribution in [-0.2, 0) is 37.5 Å². The molecule has 4 N–H and O–H groups in total. The van der Waals surface area contributed by atoms with Crippen LogP contribution in [-0.4, -0.2) is 114 Å². The molecule has 0 bridgehead atoms. The molecule has 1 unspecified atom stereocenters. The number of phosphoric ester groups is 1. The number of nitrogens with one attached hydrogen (secondary N) is 3. The minimum atomic E-state index is -4.58. The van der Waals surface area contributed by atoms with Crippen LogP contribution >= 0.6 is 19.6 Å². The SMILES string of the molecule is CCCCCCCC/C=C/CCCCCCCC(=O)OC[C@H](COP(=O)(O)OCCNC(=O)CCCC[C@@H]1SC[C@@H]2NC(=O)N[C@@H]21)OC(=O)CCCCCCC/C=C/CCCCCCCC.[Na]. The molecule has 1 radical (unpaired) electrons. The van der Waals surface area contributed by atoms with Crippen molar-refractivity contribution in [2.24, 2.45) is 0 Å². The van der Waals surface area contributed by atoms with Crippen LogP contribution in [0, 0.1) is 0 Å². The van der Waals surface area contributed by atoms with Gasteiger partial charge in [0.2, 0.25) is 5.91 Å². The molecule has 383 valence electrons. The molecular formula is C51H92N3NaO10PS. The first-order chi connectivity index (χ1) is 32.1. The quantitative estimate of drug-likeness (QED) is 0.0114. The van der Waals surface area contributed by atoms with E-state index in [0.29, 0.717) is 30.9 Å². The first-order valence-corrected chi connectivity index (χ1v) is 28.9. The maximum atomic E-state index is 12.8.